The Morgan fingerprint density at radius 3 is 0.905 bits per heavy atom. The first-order chi connectivity index (χ1) is 55.1. The highest BCUT2D eigenvalue weighted by atomic mass is 19.1. The van der Waals surface area contributed by atoms with E-state index < -0.39 is 59.2 Å². The van der Waals surface area contributed by atoms with E-state index in [2.05, 4.69) is 5.32 Å². The van der Waals surface area contributed by atoms with Gasteiger partial charge >= 0.3 is 41.8 Å². The Balaban J connectivity index is 0.000000680. The number of phenols is 2. The highest BCUT2D eigenvalue weighted by molar-refractivity contribution is 6.01. The minimum atomic E-state index is -1.12. The Kier molecular flexibility index (Phi) is 52.1. The third-order valence-corrected chi connectivity index (χ3v) is 16.2. The van der Waals surface area contributed by atoms with Crippen molar-refractivity contribution in [2.45, 2.75) is 180 Å². The first-order valence-electron chi connectivity index (χ1n) is 37.1. The van der Waals surface area contributed by atoms with Gasteiger partial charge in [0.15, 0.2) is 40.5 Å². The Hall–Kier alpha value is -13.0. The Morgan fingerprint density at radius 1 is 0.284 bits per heavy atom. The molecule has 0 saturated carbocycles. The van der Waals surface area contributed by atoms with Crippen LogP contribution in [0.15, 0.2) is 170 Å². The first-order valence-corrected chi connectivity index (χ1v) is 37.1. The molecule has 0 aliphatic rings. The van der Waals surface area contributed by atoms with Crippen LogP contribution in [0.1, 0.15) is 253 Å². The molecule has 0 radical (unpaired) electrons. The minimum absolute atomic E-state index is 0.0190. The van der Waals surface area contributed by atoms with Crippen molar-refractivity contribution in [2.24, 2.45) is 0 Å². The van der Waals surface area contributed by atoms with Crippen LogP contribution in [0, 0.1) is 11.6 Å². The number of anilines is 1. The number of Topliss-reactive ketones (excluding diaryl/α,β-unsaturated/α-hetero) is 7. The van der Waals surface area contributed by atoms with E-state index in [1.807, 2.05) is 6.07 Å². The number of halogens is 2. The van der Waals surface area contributed by atoms with Gasteiger partial charge in [0.05, 0.1) is 45.5 Å². The zero-order valence-corrected chi connectivity index (χ0v) is 65.0. The summed E-state index contributed by atoms with van der Waals surface area (Å²) in [5, 5.41) is 80.2. The van der Waals surface area contributed by atoms with Crippen LogP contribution < -0.4 is 14.8 Å². The molecule has 0 fully saturated rings. The Labute approximate surface area is 670 Å². The number of carbonyl (C=O) groups excluding carboxylic acids is 8. The SMILES string of the molecule is CC(=O)Nc1ccc(C(=O)CCC(=O)O)cc1.COc1ccc(C(=O)CCC(=O)O)cc1.COc1ccc(C(=O)CCCC(=O)O)cc1.O=C(O)CCC(=O)c1cc(F)cc(F)c1.O=C(O)CCC(=O)c1ccccc1.O=C(O)CCCCCCCCC(=O)c1ccc(O)cc1.O=C(O)CCCCCCCCC(=O)c1ccccc1O. The van der Waals surface area contributed by atoms with E-state index in [1.54, 1.807) is 142 Å². The van der Waals surface area contributed by atoms with Crippen molar-refractivity contribution >= 4 is 93.9 Å². The smallest absolute Gasteiger partial charge is 0.303 e. The van der Waals surface area contributed by atoms with Gasteiger partial charge in [0.1, 0.15) is 34.6 Å². The van der Waals surface area contributed by atoms with Gasteiger partial charge in [-0.2, -0.15) is 0 Å². The van der Waals surface area contributed by atoms with E-state index in [9.17, 15) is 85.8 Å². The summed E-state index contributed by atoms with van der Waals surface area (Å²) in [6, 6.07) is 43.8. The molecule has 10 N–H and O–H groups in total. The summed E-state index contributed by atoms with van der Waals surface area (Å²) in [7, 11) is 3.10. The minimum Gasteiger partial charge on any atom is -0.508 e. The Bertz CT molecular complexity index is 4240. The average Bonchev–Trinajstić information content (AvgIpc) is 0.897. The maximum atomic E-state index is 12.7. The summed E-state index contributed by atoms with van der Waals surface area (Å²) in [6.45, 7) is 1.39. The summed E-state index contributed by atoms with van der Waals surface area (Å²) in [5.74, 6) is -7.72. The van der Waals surface area contributed by atoms with Crippen molar-refractivity contribution in [3.8, 4) is 23.0 Å². The van der Waals surface area contributed by atoms with Gasteiger partial charge in [-0.3, -0.25) is 71.9 Å². The average molecular weight is 1610 g/mol. The number of ether oxygens (including phenoxy) is 2. The molecule has 0 aliphatic heterocycles. The third-order valence-electron chi connectivity index (χ3n) is 16.2. The predicted octanol–water partition coefficient (Wildman–Crippen LogP) is 16.9. The number of aromatic hydroxyl groups is 2. The maximum Gasteiger partial charge on any atom is 0.303 e. The summed E-state index contributed by atoms with van der Waals surface area (Å²) in [6.07, 6.45) is 12.3. The highest BCUT2D eigenvalue weighted by Gasteiger charge is 2.15. The van der Waals surface area contributed by atoms with E-state index in [1.165, 1.54) is 25.1 Å². The number of carboxylic acids is 7. The number of nitrogens with one attached hydrogen (secondary N) is 1. The molecule has 7 aromatic carbocycles. The van der Waals surface area contributed by atoms with Crippen molar-refractivity contribution in [1.82, 2.24) is 0 Å². The monoisotopic (exact) mass is 1610 g/mol. The molecule has 116 heavy (non-hydrogen) atoms. The number of amides is 1. The van der Waals surface area contributed by atoms with E-state index in [0.717, 1.165) is 89.2 Å². The van der Waals surface area contributed by atoms with E-state index in [0.29, 0.717) is 75.9 Å². The molecule has 0 aromatic heterocycles. The molecule has 0 aliphatic carbocycles. The van der Waals surface area contributed by atoms with Gasteiger partial charge in [0, 0.05) is 116 Å². The van der Waals surface area contributed by atoms with Crippen LogP contribution >= 0.6 is 0 Å². The van der Waals surface area contributed by atoms with Gasteiger partial charge in [0.25, 0.3) is 0 Å². The van der Waals surface area contributed by atoms with Gasteiger partial charge in [-0.05, 0) is 153 Å². The molecule has 0 saturated heterocycles. The van der Waals surface area contributed by atoms with Crippen molar-refractivity contribution in [1.29, 1.82) is 0 Å². The summed E-state index contributed by atoms with van der Waals surface area (Å²) < 4.78 is 35.3. The molecule has 0 unspecified atom stereocenters. The lowest BCUT2D eigenvalue weighted by Gasteiger charge is -2.03. The van der Waals surface area contributed by atoms with E-state index in [4.69, 9.17) is 50.3 Å². The second kappa shape index (κ2) is 59.8. The first kappa shape index (κ1) is 101. The quantitative estimate of drug-likeness (QED) is 0.0125. The lowest BCUT2D eigenvalue weighted by atomic mass is 10.0. The van der Waals surface area contributed by atoms with Crippen molar-refractivity contribution in [3.05, 3.63) is 220 Å². The predicted molar refractivity (Wildman–Crippen MR) is 424 cm³/mol. The van der Waals surface area contributed by atoms with Crippen LogP contribution in [0.25, 0.3) is 0 Å². The zero-order valence-electron chi connectivity index (χ0n) is 65.0. The Morgan fingerprint density at radius 2 is 0.560 bits per heavy atom. The molecule has 27 nitrogen and oxygen atoms in total. The van der Waals surface area contributed by atoms with E-state index >= 15 is 0 Å². The van der Waals surface area contributed by atoms with Gasteiger partial charge in [-0.1, -0.05) is 93.8 Å². The topological polar surface area (TPSA) is 469 Å². The maximum absolute atomic E-state index is 12.7. The fraction of sp³-hybridized carbons (Fsp3) is 0.345. The molecular formula is C87H101F2NO26. The fourth-order valence-corrected chi connectivity index (χ4v) is 10.0. The number of carbonyl (C=O) groups is 15. The van der Waals surface area contributed by atoms with Gasteiger partial charge in [-0.25, -0.2) is 8.78 Å². The van der Waals surface area contributed by atoms with Crippen LogP contribution in [-0.4, -0.2) is 148 Å². The molecule has 624 valence electrons. The zero-order chi connectivity index (χ0) is 86.8. The van der Waals surface area contributed by atoms with Crippen LogP contribution in [0.2, 0.25) is 0 Å². The summed E-state index contributed by atoms with van der Waals surface area (Å²) >= 11 is 0. The van der Waals surface area contributed by atoms with Crippen molar-refractivity contribution < 1.29 is 136 Å². The molecule has 0 atom stereocenters. The number of phenolic OH excluding ortho intramolecular Hbond substituents is 2. The van der Waals surface area contributed by atoms with Gasteiger partial charge < -0.3 is 60.7 Å². The number of carboxylic acid groups (broad SMARTS) is 7. The fourth-order valence-electron chi connectivity index (χ4n) is 10.0. The molecule has 29 heteroatoms. The third kappa shape index (κ3) is 50.1. The molecule has 7 rings (SSSR count). The van der Waals surface area contributed by atoms with E-state index in [-0.39, 0.29) is 135 Å². The number of benzene rings is 7. The largest absolute Gasteiger partial charge is 0.508 e. The van der Waals surface area contributed by atoms with Gasteiger partial charge in [0.2, 0.25) is 5.91 Å². The number of para-hydroxylation sites is 1. The number of hydrogen-bond donors (Lipinski definition) is 10. The second-order valence-corrected chi connectivity index (χ2v) is 25.6. The lowest BCUT2D eigenvalue weighted by Crippen LogP contribution is -2.07. The molecule has 7 aromatic rings. The second-order valence-electron chi connectivity index (χ2n) is 25.6. The van der Waals surface area contributed by atoms with Crippen LogP contribution in [-0.2, 0) is 38.4 Å². The van der Waals surface area contributed by atoms with Crippen LogP contribution in [0.5, 0.6) is 23.0 Å². The van der Waals surface area contributed by atoms with Crippen LogP contribution in [0.3, 0.4) is 0 Å². The van der Waals surface area contributed by atoms with Crippen molar-refractivity contribution in [2.75, 3.05) is 19.5 Å². The number of hydrogen-bond acceptors (Lipinski definition) is 19. The normalized spacial score (nSPS) is 9.97. The van der Waals surface area contributed by atoms with Crippen molar-refractivity contribution in [3.63, 3.8) is 0 Å². The molecule has 0 bridgehead atoms. The molecule has 0 spiro atoms. The lowest BCUT2D eigenvalue weighted by molar-refractivity contribution is -0.138. The highest BCUT2D eigenvalue weighted by Crippen LogP contribution is 2.22. The molecule has 0 heterocycles. The summed E-state index contributed by atoms with van der Waals surface area (Å²) in [4.78, 5) is 163. The van der Waals surface area contributed by atoms with Crippen LogP contribution in [0.4, 0.5) is 14.5 Å². The van der Waals surface area contributed by atoms with Gasteiger partial charge in [-0.15, -0.1) is 0 Å². The number of aliphatic carboxylic acids is 7. The standard InChI is InChI=1S/2C16H22O4.C12H13NO4.C12H14O4.C11H12O4.C10H8F2O3.C10H10O3/c17-14(13-9-7-8-11-15(13)18)10-5-3-1-2-4-6-12-16(19)20;17-14-11-9-13(10-12-14)15(18)7-5-3-1-2-4-6-8-16(19)20;1-8(14)13-10-4-2-9(3-5-10)11(15)6-7-12(16)17;1-16-10-7-5-9(6-8-10)11(13)3-2-4-12(14)15;1-15-9-4-2-8(3-5-9)10(12)6-7-11(13)14;11-7-3-6(4-8(12)5-7)9(13)1-2-10(14)15;11-9(6-7-10(12)13)8-4-2-1-3-5-8/h7-9,11,18H,1-6,10,12H2,(H,19,20);9-12,17H,1-8H2,(H,19,20);2-5H,6-7H2,1H3,(H,13,14)(H,16,17);5-8H,2-4H2,1H3,(H,14,15);2-5H,6-7H2,1H3,(H,13,14);3-5H,1-2H2,(H,14,15);1-5H,6-7H2,(H,12,13). The summed E-state index contributed by atoms with van der Waals surface area (Å²) in [5.41, 5.74) is 3.62. The number of methoxy groups -OCH3 is 2. The number of rotatable bonds is 44. The molecule has 1 amide bonds. The number of ketones is 7. The number of unbranched alkanes of at least 4 members (excludes halogenated alkanes) is 10. The molecular weight excluding hydrogens is 1510 g/mol.